The first-order valence-corrected chi connectivity index (χ1v) is 6.56. The molecule has 0 aliphatic carbocycles. The standard InChI is InChI=1S/C16H12FN3O2/c17-12-6-4-5-11(9-12)15-18-10-14(19-15)20-16(21)22-13-7-2-1-3-8-13/h1-10H,(H,18,19)(H,20,21). The van der Waals surface area contributed by atoms with Gasteiger partial charge in [0.15, 0.2) is 5.82 Å². The predicted octanol–water partition coefficient (Wildman–Crippen LogP) is 3.83. The molecule has 6 heteroatoms. The number of H-pyrrole nitrogens is 1. The first kappa shape index (κ1) is 13.8. The fourth-order valence-corrected chi connectivity index (χ4v) is 1.90. The van der Waals surface area contributed by atoms with Crippen LogP contribution in [0.15, 0.2) is 60.8 Å². The van der Waals surface area contributed by atoms with Gasteiger partial charge in [-0.1, -0.05) is 30.3 Å². The zero-order chi connectivity index (χ0) is 15.4. The molecule has 0 radical (unpaired) electrons. The minimum absolute atomic E-state index is 0.292. The van der Waals surface area contributed by atoms with E-state index in [1.54, 1.807) is 36.4 Å². The lowest BCUT2D eigenvalue weighted by atomic mass is 10.2. The molecule has 0 aliphatic heterocycles. The van der Waals surface area contributed by atoms with Gasteiger partial charge in [-0.2, -0.15) is 0 Å². The summed E-state index contributed by atoms with van der Waals surface area (Å²) in [7, 11) is 0. The van der Waals surface area contributed by atoms with Gasteiger partial charge in [0.1, 0.15) is 17.4 Å². The lowest BCUT2D eigenvalue weighted by molar-refractivity contribution is 0.215. The van der Waals surface area contributed by atoms with Crippen molar-refractivity contribution in [2.45, 2.75) is 0 Å². The van der Waals surface area contributed by atoms with E-state index in [0.717, 1.165) is 0 Å². The third-order valence-electron chi connectivity index (χ3n) is 2.86. The number of anilines is 1. The van der Waals surface area contributed by atoms with E-state index in [2.05, 4.69) is 15.3 Å². The Hall–Kier alpha value is -3.15. The maximum atomic E-state index is 13.2. The average molecular weight is 297 g/mol. The van der Waals surface area contributed by atoms with Crippen LogP contribution in [0.5, 0.6) is 5.75 Å². The maximum absolute atomic E-state index is 13.2. The summed E-state index contributed by atoms with van der Waals surface area (Å²) in [4.78, 5) is 18.8. The number of amides is 1. The van der Waals surface area contributed by atoms with Gasteiger partial charge < -0.3 is 9.72 Å². The van der Waals surface area contributed by atoms with Crippen molar-refractivity contribution < 1.29 is 13.9 Å². The summed E-state index contributed by atoms with van der Waals surface area (Å²) in [6.07, 6.45) is 0.857. The van der Waals surface area contributed by atoms with Crippen LogP contribution in [0, 0.1) is 5.82 Å². The van der Waals surface area contributed by atoms with Gasteiger partial charge in [-0.05, 0) is 24.3 Å². The topological polar surface area (TPSA) is 67.0 Å². The van der Waals surface area contributed by atoms with Crippen LogP contribution in [0.3, 0.4) is 0 Å². The van der Waals surface area contributed by atoms with Crippen molar-refractivity contribution in [2.24, 2.45) is 0 Å². The van der Waals surface area contributed by atoms with Crippen LogP contribution in [0.4, 0.5) is 15.0 Å². The Morgan fingerprint density at radius 2 is 1.95 bits per heavy atom. The van der Waals surface area contributed by atoms with Gasteiger partial charge in [-0.3, -0.25) is 5.32 Å². The molecule has 5 nitrogen and oxygen atoms in total. The maximum Gasteiger partial charge on any atom is 0.418 e. The number of hydrogen-bond acceptors (Lipinski definition) is 3. The van der Waals surface area contributed by atoms with E-state index in [1.807, 2.05) is 6.07 Å². The van der Waals surface area contributed by atoms with Crippen molar-refractivity contribution in [3.05, 3.63) is 66.6 Å². The molecule has 0 bridgehead atoms. The number of hydrogen-bond donors (Lipinski definition) is 2. The molecule has 22 heavy (non-hydrogen) atoms. The van der Waals surface area contributed by atoms with Gasteiger partial charge >= 0.3 is 6.09 Å². The molecule has 0 spiro atoms. The predicted molar refractivity (Wildman–Crippen MR) is 80.1 cm³/mol. The molecular formula is C16H12FN3O2. The van der Waals surface area contributed by atoms with Crippen molar-refractivity contribution in [1.82, 2.24) is 9.97 Å². The molecule has 0 saturated carbocycles. The van der Waals surface area contributed by atoms with Gasteiger partial charge in [-0.15, -0.1) is 0 Å². The highest BCUT2D eigenvalue weighted by molar-refractivity contribution is 5.85. The fourth-order valence-electron chi connectivity index (χ4n) is 1.90. The van der Waals surface area contributed by atoms with Gasteiger partial charge in [0.2, 0.25) is 0 Å². The van der Waals surface area contributed by atoms with Crippen LogP contribution < -0.4 is 10.1 Å². The van der Waals surface area contributed by atoms with Crippen LogP contribution in [-0.4, -0.2) is 16.1 Å². The van der Waals surface area contributed by atoms with Crippen LogP contribution in [-0.2, 0) is 0 Å². The molecule has 1 amide bonds. The Bertz CT molecular complexity index is 787. The van der Waals surface area contributed by atoms with Gasteiger partial charge in [0.05, 0.1) is 0 Å². The molecule has 0 fully saturated rings. The molecule has 2 aromatic carbocycles. The summed E-state index contributed by atoms with van der Waals surface area (Å²) < 4.78 is 18.3. The van der Waals surface area contributed by atoms with Crippen molar-refractivity contribution in [2.75, 3.05) is 5.32 Å². The summed E-state index contributed by atoms with van der Waals surface area (Å²) in [6.45, 7) is 0. The van der Waals surface area contributed by atoms with Gasteiger partial charge in [0, 0.05) is 11.8 Å². The average Bonchev–Trinajstić information content (AvgIpc) is 2.96. The monoisotopic (exact) mass is 297 g/mol. The number of benzene rings is 2. The summed E-state index contributed by atoms with van der Waals surface area (Å²) in [5, 5.41) is 2.50. The third kappa shape index (κ3) is 3.29. The molecule has 3 rings (SSSR count). The number of para-hydroxylation sites is 1. The van der Waals surface area contributed by atoms with Crippen molar-refractivity contribution in [3.8, 4) is 17.1 Å². The summed E-state index contributed by atoms with van der Waals surface area (Å²) >= 11 is 0. The Morgan fingerprint density at radius 1 is 1.14 bits per heavy atom. The normalized spacial score (nSPS) is 10.2. The second-order valence-corrected chi connectivity index (χ2v) is 4.47. The zero-order valence-electron chi connectivity index (χ0n) is 11.4. The highest BCUT2D eigenvalue weighted by Crippen LogP contribution is 2.18. The molecule has 1 aromatic heterocycles. The number of carbonyl (C=O) groups is 1. The van der Waals surface area contributed by atoms with Crippen LogP contribution in [0.2, 0.25) is 0 Å². The fraction of sp³-hybridized carbons (Fsp3) is 0. The van der Waals surface area contributed by atoms with E-state index in [4.69, 9.17) is 4.74 Å². The van der Waals surface area contributed by atoms with E-state index in [-0.39, 0.29) is 5.82 Å². The van der Waals surface area contributed by atoms with E-state index >= 15 is 0 Å². The Labute approximate surface area is 125 Å². The van der Waals surface area contributed by atoms with E-state index in [0.29, 0.717) is 23.0 Å². The first-order chi connectivity index (χ1) is 10.7. The van der Waals surface area contributed by atoms with Gasteiger partial charge in [0.25, 0.3) is 0 Å². The number of aromatic nitrogens is 2. The highest BCUT2D eigenvalue weighted by atomic mass is 19.1. The lowest BCUT2D eigenvalue weighted by Crippen LogP contribution is -2.16. The summed E-state index contributed by atoms with van der Waals surface area (Å²) in [5.41, 5.74) is 0.587. The van der Waals surface area contributed by atoms with Crippen LogP contribution >= 0.6 is 0 Å². The lowest BCUT2D eigenvalue weighted by Gasteiger charge is -2.03. The molecule has 2 N–H and O–H groups in total. The molecule has 0 aliphatic rings. The van der Waals surface area contributed by atoms with Gasteiger partial charge in [-0.25, -0.2) is 14.2 Å². The number of ether oxygens (including phenoxy) is 1. The number of aromatic amines is 1. The number of rotatable bonds is 3. The molecule has 1 heterocycles. The number of imidazole rings is 1. The van der Waals surface area contributed by atoms with Crippen LogP contribution in [0.1, 0.15) is 0 Å². The second kappa shape index (κ2) is 6.09. The third-order valence-corrected chi connectivity index (χ3v) is 2.86. The number of nitrogens with one attached hydrogen (secondary N) is 2. The smallest absolute Gasteiger partial charge is 0.410 e. The Balaban J connectivity index is 1.68. The number of halogens is 1. The van der Waals surface area contributed by atoms with E-state index < -0.39 is 6.09 Å². The zero-order valence-corrected chi connectivity index (χ0v) is 11.4. The van der Waals surface area contributed by atoms with Crippen molar-refractivity contribution >= 4 is 11.9 Å². The molecule has 0 unspecified atom stereocenters. The molecule has 0 saturated heterocycles. The minimum Gasteiger partial charge on any atom is -0.410 e. The van der Waals surface area contributed by atoms with E-state index in [1.165, 1.54) is 18.3 Å². The largest absolute Gasteiger partial charge is 0.418 e. The van der Waals surface area contributed by atoms with Crippen molar-refractivity contribution in [3.63, 3.8) is 0 Å². The SMILES string of the molecule is O=C(Nc1c[nH]c(-c2cccc(F)c2)n1)Oc1ccccc1. The molecular weight excluding hydrogens is 285 g/mol. The quantitative estimate of drug-likeness (QED) is 0.772. The number of carbonyl (C=O) groups excluding carboxylic acids is 1. The van der Waals surface area contributed by atoms with Crippen LogP contribution in [0.25, 0.3) is 11.4 Å². The first-order valence-electron chi connectivity index (χ1n) is 6.56. The van der Waals surface area contributed by atoms with E-state index in [9.17, 15) is 9.18 Å². The molecule has 110 valence electrons. The second-order valence-electron chi connectivity index (χ2n) is 4.47. The Morgan fingerprint density at radius 3 is 2.73 bits per heavy atom. The molecule has 3 aromatic rings. The summed E-state index contributed by atoms with van der Waals surface area (Å²) in [5.74, 6) is 0.822. The Kier molecular flexibility index (Phi) is 3.82. The number of nitrogens with zero attached hydrogens (tertiary/aromatic N) is 1. The van der Waals surface area contributed by atoms with Crippen molar-refractivity contribution in [1.29, 1.82) is 0 Å². The minimum atomic E-state index is -0.650. The molecule has 0 atom stereocenters. The summed E-state index contributed by atoms with van der Waals surface area (Å²) in [6, 6.07) is 14.7. The highest BCUT2D eigenvalue weighted by Gasteiger charge is 2.09.